The number of nitrogens with zero attached hydrogens (tertiary/aromatic N) is 4. The molecule has 0 amide bonds. The van der Waals surface area contributed by atoms with Gasteiger partial charge < -0.3 is 10.3 Å². The van der Waals surface area contributed by atoms with Crippen molar-refractivity contribution in [1.82, 2.24) is 18.7 Å². The van der Waals surface area contributed by atoms with Gasteiger partial charge in [0.05, 0.1) is 0 Å². The Morgan fingerprint density at radius 2 is 1.78 bits per heavy atom. The van der Waals surface area contributed by atoms with Gasteiger partial charge in [-0.2, -0.15) is 4.98 Å². The van der Waals surface area contributed by atoms with Crippen molar-refractivity contribution in [3.8, 4) is 0 Å². The Morgan fingerprint density at radius 1 is 1.09 bits per heavy atom. The van der Waals surface area contributed by atoms with Gasteiger partial charge in [-0.15, -0.1) is 0 Å². The van der Waals surface area contributed by atoms with Crippen molar-refractivity contribution < 1.29 is 0 Å². The number of aryl methyl sites for hydroxylation is 3. The van der Waals surface area contributed by atoms with Gasteiger partial charge in [0.1, 0.15) is 0 Å². The van der Waals surface area contributed by atoms with Crippen LogP contribution in [0.3, 0.4) is 0 Å². The number of fused-ring (bicyclic) bond motifs is 1. The SMILES string of the molecule is Cn1c(=O)c2c(nc(N)n2CCCc2ccccc2)n(C)c1=O. The lowest BCUT2D eigenvalue weighted by Crippen LogP contribution is -2.37. The molecule has 2 heterocycles. The Bertz CT molecular complexity index is 966. The smallest absolute Gasteiger partial charge is 0.332 e. The maximum absolute atomic E-state index is 12.4. The van der Waals surface area contributed by atoms with E-state index in [0.717, 1.165) is 17.4 Å². The number of nitrogens with two attached hydrogens (primary N) is 1. The molecular weight excluding hydrogens is 294 g/mol. The van der Waals surface area contributed by atoms with Gasteiger partial charge in [-0.3, -0.25) is 13.9 Å². The van der Waals surface area contributed by atoms with Crippen LogP contribution in [-0.2, 0) is 27.1 Å². The third kappa shape index (κ3) is 2.54. The third-order valence-corrected chi connectivity index (χ3v) is 4.07. The summed E-state index contributed by atoms with van der Waals surface area (Å²) in [5.74, 6) is 0.256. The molecule has 0 spiro atoms. The van der Waals surface area contributed by atoms with Gasteiger partial charge in [-0.25, -0.2) is 4.79 Å². The van der Waals surface area contributed by atoms with Crippen LogP contribution in [0.4, 0.5) is 5.95 Å². The Hall–Kier alpha value is -2.83. The van der Waals surface area contributed by atoms with Crippen LogP contribution in [0.2, 0.25) is 0 Å². The average molecular weight is 313 g/mol. The van der Waals surface area contributed by atoms with Crippen LogP contribution in [-0.4, -0.2) is 18.7 Å². The molecule has 0 aliphatic heterocycles. The van der Waals surface area contributed by atoms with E-state index in [9.17, 15) is 9.59 Å². The molecule has 2 N–H and O–H groups in total. The molecule has 7 nitrogen and oxygen atoms in total. The van der Waals surface area contributed by atoms with Crippen LogP contribution in [0.25, 0.3) is 11.2 Å². The van der Waals surface area contributed by atoms with Crippen LogP contribution >= 0.6 is 0 Å². The fourth-order valence-electron chi connectivity index (χ4n) is 2.78. The quantitative estimate of drug-likeness (QED) is 0.766. The first-order valence-electron chi connectivity index (χ1n) is 7.46. The fourth-order valence-corrected chi connectivity index (χ4v) is 2.78. The summed E-state index contributed by atoms with van der Waals surface area (Å²) in [4.78, 5) is 28.6. The first-order valence-corrected chi connectivity index (χ1v) is 7.46. The predicted molar refractivity (Wildman–Crippen MR) is 89.4 cm³/mol. The summed E-state index contributed by atoms with van der Waals surface area (Å²) in [6.07, 6.45) is 1.71. The second-order valence-corrected chi connectivity index (χ2v) is 5.59. The lowest BCUT2D eigenvalue weighted by molar-refractivity contribution is 0.654. The number of benzene rings is 1. The van der Waals surface area contributed by atoms with E-state index in [1.165, 1.54) is 17.2 Å². The Labute approximate surface area is 132 Å². The van der Waals surface area contributed by atoms with Crippen LogP contribution in [0.15, 0.2) is 39.9 Å². The molecule has 120 valence electrons. The number of aromatic nitrogens is 4. The van der Waals surface area contributed by atoms with Crippen molar-refractivity contribution in [2.75, 3.05) is 5.73 Å². The number of rotatable bonds is 4. The summed E-state index contributed by atoms with van der Waals surface area (Å²) in [7, 11) is 3.05. The van der Waals surface area contributed by atoms with Gasteiger partial charge in [0.25, 0.3) is 5.56 Å². The van der Waals surface area contributed by atoms with E-state index < -0.39 is 5.69 Å². The molecule has 3 aromatic rings. The number of hydrogen-bond donors (Lipinski definition) is 1. The third-order valence-electron chi connectivity index (χ3n) is 4.07. The molecule has 1 aromatic carbocycles. The highest BCUT2D eigenvalue weighted by Gasteiger charge is 2.17. The number of imidazole rings is 1. The molecule has 0 saturated carbocycles. The van der Waals surface area contributed by atoms with Crippen molar-refractivity contribution in [2.45, 2.75) is 19.4 Å². The number of anilines is 1. The molecule has 0 radical (unpaired) electrons. The van der Waals surface area contributed by atoms with Crippen molar-refractivity contribution in [3.05, 3.63) is 56.7 Å². The lowest BCUT2D eigenvalue weighted by Gasteiger charge is -2.07. The zero-order valence-electron chi connectivity index (χ0n) is 13.2. The Morgan fingerprint density at radius 3 is 2.48 bits per heavy atom. The molecule has 2 aromatic heterocycles. The van der Waals surface area contributed by atoms with Crippen LogP contribution < -0.4 is 17.0 Å². The highest BCUT2D eigenvalue weighted by molar-refractivity contribution is 5.73. The van der Waals surface area contributed by atoms with E-state index in [-0.39, 0.29) is 11.5 Å². The molecule has 3 rings (SSSR count). The van der Waals surface area contributed by atoms with Crippen LogP contribution in [0, 0.1) is 0 Å². The lowest BCUT2D eigenvalue weighted by atomic mass is 10.1. The molecular formula is C16H19N5O2. The van der Waals surface area contributed by atoms with E-state index in [1.54, 1.807) is 11.6 Å². The Balaban J connectivity index is 1.97. The van der Waals surface area contributed by atoms with Gasteiger partial charge in [-0.05, 0) is 18.4 Å². The minimum Gasteiger partial charge on any atom is -0.369 e. The van der Waals surface area contributed by atoms with Gasteiger partial charge >= 0.3 is 5.69 Å². The van der Waals surface area contributed by atoms with Gasteiger partial charge in [-0.1, -0.05) is 30.3 Å². The molecule has 0 fully saturated rings. The number of nitrogen functional groups attached to an aromatic ring is 1. The summed E-state index contributed by atoms with van der Waals surface area (Å²) in [6.45, 7) is 0.574. The van der Waals surface area contributed by atoms with Gasteiger partial charge in [0.15, 0.2) is 11.2 Å². The summed E-state index contributed by atoms with van der Waals surface area (Å²) in [5.41, 5.74) is 7.12. The summed E-state index contributed by atoms with van der Waals surface area (Å²) in [6, 6.07) is 10.1. The second kappa shape index (κ2) is 5.75. The van der Waals surface area contributed by atoms with E-state index in [1.807, 2.05) is 18.2 Å². The largest absolute Gasteiger partial charge is 0.369 e. The first kappa shape index (κ1) is 15.1. The van der Waals surface area contributed by atoms with Gasteiger partial charge in [0, 0.05) is 20.6 Å². The zero-order valence-corrected chi connectivity index (χ0v) is 13.2. The Kier molecular flexibility index (Phi) is 3.77. The second-order valence-electron chi connectivity index (χ2n) is 5.59. The van der Waals surface area contributed by atoms with Crippen LogP contribution in [0.5, 0.6) is 0 Å². The monoisotopic (exact) mass is 313 g/mol. The fraction of sp³-hybridized carbons (Fsp3) is 0.312. The topological polar surface area (TPSA) is 87.8 Å². The maximum atomic E-state index is 12.4. The molecule has 23 heavy (non-hydrogen) atoms. The van der Waals surface area contributed by atoms with Crippen molar-refractivity contribution >= 4 is 17.1 Å². The summed E-state index contributed by atoms with van der Waals surface area (Å²) in [5, 5.41) is 0. The van der Waals surface area contributed by atoms with Crippen molar-refractivity contribution in [1.29, 1.82) is 0 Å². The minimum absolute atomic E-state index is 0.256. The van der Waals surface area contributed by atoms with E-state index in [2.05, 4.69) is 17.1 Å². The molecule has 0 unspecified atom stereocenters. The zero-order chi connectivity index (χ0) is 16.6. The summed E-state index contributed by atoms with van der Waals surface area (Å²) < 4.78 is 4.12. The van der Waals surface area contributed by atoms with Crippen molar-refractivity contribution in [2.24, 2.45) is 14.1 Å². The molecule has 0 bridgehead atoms. The molecule has 0 saturated heterocycles. The normalized spacial score (nSPS) is 11.2. The molecule has 0 atom stereocenters. The standard InChI is InChI=1S/C16H19N5O2/c1-19-13-12(14(22)20(2)16(19)23)21(15(17)18-13)10-6-9-11-7-4-3-5-8-11/h3-5,7-8H,6,9-10H2,1-2H3,(H2,17,18). The minimum atomic E-state index is -0.406. The van der Waals surface area contributed by atoms with Gasteiger partial charge in [0.2, 0.25) is 5.95 Å². The predicted octanol–water partition coefficient (Wildman–Crippen LogP) is 0.649. The van der Waals surface area contributed by atoms with E-state index >= 15 is 0 Å². The highest BCUT2D eigenvalue weighted by atomic mass is 16.2. The molecule has 7 heteroatoms. The maximum Gasteiger partial charge on any atom is 0.332 e. The number of hydrogen-bond acceptors (Lipinski definition) is 4. The van der Waals surface area contributed by atoms with Crippen molar-refractivity contribution in [3.63, 3.8) is 0 Å². The van der Waals surface area contributed by atoms with E-state index in [4.69, 9.17) is 5.73 Å². The van der Waals surface area contributed by atoms with E-state index in [0.29, 0.717) is 17.7 Å². The summed E-state index contributed by atoms with van der Waals surface area (Å²) >= 11 is 0. The molecule has 0 aliphatic rings. The van der Waals surface area contributed by atoms with Crippen LogP contribution in [0.1, 0.15) is 12.0 Å². The average Bonchev–Trinajstić information content (AvgIpc) is 2.89. The highest BCUT2D eigenvalue weighted by Crippen LogP contribution is 2.14. The first-order chi connectivity index (χ1) is 11.0. The molecule has 0 aliphatic carbocycles.